The van der Waals surface area contributed by atoms with Crippen molar-refractivity contribution in [1.29, 1.82) is 0 Å². The number of aliphatic carboxylic acids is 1. The fourth-order valence-corrected chi connectivity index (χ4v) is 2.45. The highest BCUT2D eigenvalue weighted by Crippen LogP contribution is 2.36. The van der Waals surface area contributed by atoms with Crippen LogP contribution in [-0.4, -0.2) is 30.3 Å². The second-order valence-electron chi connectivity index (χ2n) is 4.55. The quantitative estimate of drug-likeness (QED) is 0.835. The number of carboxylic acids is 1. The molecule has 0 aromatic heterocycles. The predicted octanol–water partition coefficient (Wildman–Crippen LogP) is 1.62. The van der Waals surface area contributed by atoms with E-state index in [0.717, 1.165) is 24.3 Å². The minimum atomic E-state index is -0.866. The van der Waals surface area contributed by atoms with Gasteiger partial charge in [-0.3, -0.25) is 4.79 Å². The summed E-state index contributed by atoms with van der Waals surface area (Å²) >= 11 is 0. The van der Waals surface area contributed by atoms with E-state index in [9.17, 15) is 9.90 Å². The topological polar surface area (TPSA) is 58.6 Å². The molecule has 1 aliphatic heterocycles. The summed E-state index contributed by atoms with van der Waals surface area (Å²) in [5, 5.41) is 12.4. The summed E-state index contributed by atoms with van der Waals surface area (Å²) in [4.78, 5) is 11.3. The molecule has 1 fully saturated rings. The Morgan fingerprint density at radius 1 is 1.47 bits per heavy atom. The van der Waals surface area contributed by atoms with E-state index < -0.39 is 11.5 Å². The summed E-state index contributed by atoms with van der Waals surface area (Å²) in [6, 6.07) is 7.63. The van der Waals surface area contributed by atoms with Gasteiger partial charge in [0.25, 0.3) is 0 Å². The molecule has 92 valence electrons. The van der Waals surface area contributed by atoms with E-state index in [1.54, 1.807) is 14.0 Å². The van der Waals surface area contributed by atoms with E-state index in [4.69, 9.17) is 4.74 Å². The Morgan fingerprint density at radius 3 is 2.65 bits per heavy atom. The Balaban J connectivity index is 2.29. The predicted molar refractivity (Wildman–Crippen MR) is 64.4 cm³/mol. The number of benzene rings is 1. The van der Waals surface area contributed by atoms with Gasteiger partial charge in [-0.15, -0.1) is 0 Å². The third-order valence-electron chi connectivity index (χ3n) is 3.58. The van der Waals surface area contributed by atoms with E-state index in [-0.39, 0.29) is 5.92 Å². The maximum Gasteiger partial charge on any atom is 0.324 e. The highest BCUT2D eigenvalue weighted by Gasteiger charge is 2.45. The molecule has 17 heavy (non-hydrogen) atoms. The monoisotopic (exact) mass is 235 g/mol. The summed E-state index contributed by atoms with van der Waals surface area (Å²) in [5.41, 5.74) is 0.176. The van der Waals surface area contributed by atoms with Crippen LogP contribution in [0.2, 0.25) is 0 Å². The Hall–Kier alpha value is -1.55. The number of carboxylic acid groups (broad SMARTS) is 1. The third kappa shape index (κ3) is 2.00. The number of hydrogen-bond acceptors (Lipinski definition) is 3. The Labute approximate surface area is 101 Å². The van der Waals surface area contributed by atoms with E-state index in [0.29, 0.717) is 0 Å². The van der Waals surface area contributed by atoms with Crippen LogP contribution in [-0.2, 0) is 4.79 Å². The van der Waals surface area contributed by atoms with Crippen molar-refractivity contribution in [2.24, 2.45) is 0 Å². The first-order valence-corrected chi connectivity index (χ1v) is 5.70. The van der Waals surface area contributed by atoms with Crippen LogP contribution in [0.4, 0.5) is 0 Å². The van der Waals surface area contributed by atoms with Gasteiger partial charge >= 0.3 is 5.97 Å². The molecule has 0 radical (unpaired) electrons. The number of rotatable bonds is 3. The zero-order valence-corrected chi connectivity index (χ0v) is 10.1. The molecule has 1 aromatic rings. The number of nitrogens with one attached hydrogen (secondary N) is 1. The normalized spacial score (nSPS) is 28.0. The van der Waals surface area contributed by atoms with Crippen LogP contribution in [0, 0.1) is 0 Å². The Bertz CT molecular complexity index is 415. The summed E-state index contributed by atoms with van der Waals surface area (Å²) in [5.74, 6) is -0.00143. The number of carbonyl (C=O) groups is 1. The molecule has 4 heteroatoms. The molecule has 2 rings (SSSR count). The van der Waals surface area contributed by atoms with Gasteiger partial charge in [0, 0.05) is 5.92 Å². The largest absolute Gasteiger partial charge is 0.497 e. The molecule has 1 saturated heterocycles. The van der Waals surface area contributed by atoms with Gasteiger partial charge in [0.1, 0.15) is 11.3 Å². The minimum absolute atomic E-state index is 0.00547. The van der Waals surface area contributed by atoms with Crippen LogP contribution in [0.25, 0.3) is 0 Å². The molecular formula is C13H17NO3. The summed E-state index contributed by atoms with van der Waals surface area (Å²) in [6.45, 7) is 2.48. The van der Waals surface area contributed by atoms with Gasteiger partial charge in [-0.25, -0.2) is 0 Å². The van der Waals surface area contributed by atoms with Crippen LogP contribution >= 0.6 is 0 Å². The number of hydrogen-bond donors (Lipinski definition) is 2. The summed E-state index contributed by atoms with van der Waals surface area (Å²) < 4.78 is 5.10. The molecule has 4 nitrogen and oxygen atoms in total. The van der Waals surface area contributed by atoms with Crippen LogP contribution in [0.5, 0.6) is 5.75 Å². The fraction of sp³-hybridized carbons (Fsp3) is 0.462. The van der Waals surface area contributed by atoms with Crippen molar-refractivity contribution in [3.8, 4) is 5.75 Å². The zero-order chi connectivity index (χ0) is 12.5. The first kappa shape index (κ1) is 11.9. The molecule has 0 aliphatic carbocycles. The Morgan fingerprint density at radius 2 is 2.12 bits per heavy atom. The maximum absolute atomic E-state index is 11.3. The van der Waals surface area contributed by atoms with E-state index in [1.165, 1.54) is 0 Å². The van der Waals surface area contributed by atoms with Crippen molar-refractivity contribution in [1.82, 2.24) is 5.32 Å². The van der Waals surface area contributed by atoms with Gasteiger partial charge in [-0.1, -0.05) is 12.1 Å². The smallest absolute Gasteiger partial charge is 0.324 e. The average Bonchev–Trinajstić information content (AvgIpc) is 2.73. The van der Waals surface area contributed by atoms with Gasteiger partial charge in [0.05, 0.1) is 7.11 Å². The highest BCUT2D eigenvalue weighted by molar-refractivity contribution is 5.80. The van der Waals surface area contributed by atoms with Gasteiger partial charge in [-0.2, -0.15) is 0 Å². The highest BCUT2D eigenvalue weighted by atomic mass is 16.5. The van der Waals surface area contributed by atoms with Crippen LogP contribution in [0.15, 0.2) is 24.3 Å². The van der Waals surface area contributed by atoms with Crippen LogP contribution in [0.1, 0.15) is 24.8 Å². The lowest BCUT2D eigenvalue weighted by atomic mass is 9.82. The first-order chi connectivity index (χ1) is 8.08. The minimum Gasteiger partial charge on any atom is -0.497 e. The molecule has 0 amide bonds. The van der Waals surface area contributed by atoms with Crippen molar-refractivity contribution in [2.75, 3.05) is 13.7 Å². The van der Waals surface area contributed by atoms with Crippen LogP contribution < -0.4 is 10.1 Å². The van der Waals surface area contributed by atoms with Crippen molar-refractivity contribution in [3.05, 3.63) is 29.8 Å². The van der Waals surface area contributed by atoms with Gasteiger partial charge in [0.2, 0.25) is 0 Å². The van der Waals surface area contributed by atoms with Gasteiger partial charge in [-0.05, 0) is 37.6 Å². The lowest BCUT2D eigenvalue weighted by Crippen LogP contribution is -2.48. The van der Waals surface area contributed by atoms with Crippen molar-refractivity contribution >= 4 is 5.97 Å². The summed E-state index contributed by atoms with van der Waals surface area (Å²) in [6.07, 6.45) is 0.842. The molecule has 1 heterocycles. The summed E-state index contributed by atoms with van der Waals surface area (Å²) in [7, 11) is 1.62. The second kappa shape index (κ2) is 4.37. The molecule has 2 atom stereocenters. The molecule has 0 saturated carbocycles. The van der Waals surface area contributed by atoms with E-state index >= 15 is 0 Å². The molecule has 1 aromatic carbocycles. The molecular weight excluding hydrogens is 218 g/mol. The lowest BCUT2D eigenvalue weighted by molar-refractivity contribution is -0.144. The first-order valence-electron chi connectivity index (χ1n) is 5.70. The lowest BCUT2D eigenvalue weighted by Gasteiger charge is -2.27. The molecule has 0 spiro atoms. The second-order valence-corrected chi connectivity index (χ2v) is 4.55. The fourth-order valence-electron chi connectivity index (χ4n) is 2.45. The molecule has 0 bridgehead atoms. The molecule has 1 unspecified atom stereocenters. The van der Waals surface area contributed by atoms with Gasteiger partial charge < -0.3 is 15.2 Å². The SMILES string of the molecule is COc1ccc(C2CCN[C@]2(C)C(=O)O)cc1. The maximum atomic E-state index is 11.3. The van der Waals surface area contributed by atoms with Gasteiger partial charge in [0.15, 0.2) is 0 Å². The number of methoxy groups -OCH3 is 1. The third-order valence-corrected chi connectivity index (χ3v) is 3.58. The molecule has 2 N–H and O–H groups in total. The number of ether oxygens (including phenoxy) is 1. The standard InChI is InChI=1S/C13H17NO3/c1-13(12(15)16)11(7-8-14-13)9-3-5-10(17-2)6-4-9/h3-6,11,14H,7-8H2,1-2H3,(H,15,16)/t11?,13-/m0/s1. The van der Waals surface area contributed by atoms with E-state index in [2.05, 4.69) is 5.32 Å². The average molecular weight is 235 g/mol. The Kier molecular flexibility index (Phi) is 3.07. The van der Waals surface area contributed by atoms with Crippen molar-refractivity contribution < 1.29 is 14.6 Å². The molecule has 1 aliphatic rings. The van der Waals surface area contributed by atoms with Crippen molar-refractivity contribution in [2.45, 2.75) is 24.8 Å². The van der Waals surface area contributed by atoms with E-state index in [1.807, 2.05) is 24.3 Å². The van der Waals surface area contributed by atoms with Crippen LogP contribution in [0.3, 0.4) is 0 Å². The zero-order valence-electron chi connectivity index (χ0n) is 10.1. The van der Waals surface area contributed by atoms with Crippen molar-refractivity contribution in [3.63, 3.8) is 0 Å².